The first kappa shape index (κ1) is 12.7. The third-order valence-corrected chi connectivity index (χ3v) is 1.63. The summed E-state index contributed by atoms with van der Waals surface area (Å²) in [5.41, 5.74) is 0. The number of nitrogens with zero attached hydrogens (tertiary/aromatic N) is 1. The van der Waals surface area contributed by atoms with Crippen molar-refractivity contribution < 1.29 is 18.0 Å². The van der Waals surface area contributed by atoms with E-state index in [1.807, 2.05) is 13.8 Å². The van der Waals surface area contributed by atoms with Gasteiger partial charge in [-0.25, -0.2) is 0 Å². The predicted octanol–water partition coefficient (Wildman–Crippen LogP) is 2.60. The van der Waals surface area contributed by atoms with Crippen molar-refractivity contribution in [2.45, 2.75) is 38.9 Å². The van der Waals surface area contributed by atoms with Gasteiger partial charge < -0.3 is 0 Å². The molecule has 0 aliphatic heterocycles. The van der Waals surface area contributed by atoms with Crippen molar-refractivity contribution in [2.75, 3.05) is 13.7 Å². The first-order valence-corrected chi connectivity index (χ1v) is 4.25. The summed E-state index contributed by atoms with van der Waals surface area (Å²) in [4.78, 5) is 5.03. The van der Waals surface area contributed by atoms with Crippen LogP contribution in [0.3, 0.4) is 0 Å². The maximum absolute atomic E-state index is 11.7. The van der Waals surface area contributed by atoms with Gasteiger partial charge >= 0.3 is 6.18 Å². The molecule has 0 N–H and O–H groups in total. The Bertz CT molecular complexity index is 136. The SMILES string of the molecule is CC(C)N(C)OCCCC(F)(F)F. The number of hydrogen-bond acceptors (Lipinski definition) is 2. The van der Waals surface area contributed by atoms with E-state index in [4.69, 9.17) is 4.84 Å². The van der Waals surface area contributed by atoms with Crippen molar-refractivity contribution in [1.29, 1.82) is 0 Å². The topological polar surface area (TPSA) is 12.5 Å². The lowest BCUT2D eigenvalue weighted by Gasteiger charge is -2.20. The molecule has 0 heterocycles. The van der Waals surface area contributed by atoms with Crippen molar-refractivity contribution in [2.24, 2.45) is 0 Å². The average molecular weight is 199 g/mol. The van der Waals surface area contributed by atoms with E-state index in [-0.39, 0.29) is 19.1 Å². The molecule has 5 heteroatoms. The highest BCUT2D eigenvalue weighted by Crippen LogP contribution is 2.21. The Labute approximate surface area is 76.6 Å². The first-order chi connectivity index (χ1) is 5.83. The minimum Gasteiger partial charge on any atom is -0.299 e. The van der Waals surface area contributed by atoms with Gasteiger partial charge in [-0.15, -0.1) is 0 Å². The Hall–Kier alpha value is -0.290. The molecule has 0 aromatic heterocycles. The summed E-state index contributed by atoms with van der Waals surface area (Å²) in [6.07, 6.45) is -4.83. The highest BCUT2D eigenvalue weighted by Gasteiger charge is 2.26. The van der Waals surface area contributed by atoms with Crippen LogP contribution in [-0.2, 0) is 4.84 Å². The lowest BCUT2D eigenvalue weighted by Crippen LogP contribution is -2.27. The van der Waals surface area contributed by atoms with Crippen LogP contribution in [0.1, 0.15) is 26.7 Å². The molecule has 0 aliphatic carbocycles. The Morgan fingerprint density at radius 2 is 1.85 bits per heavy atom. The zero-order chi connectivity index (χ0) is 10.5. The molecule has 0 fully saturated rings. The predicted molar refractivity (Wildman–Crippen MR) is 44.1 cm³/mol. The molecule has 0 spiro atoms. The van der Waals surface area contributed by atoms with Gasteiger partial charge in [0.25, 0.3) is 0 Å². The van der Waals surface area contributed by atoms with E-state index in [9.17, 15) is 13.2 Å². The van der Waals surface area contributed by atoms with Crippen LogP contribution in [0.25, 0.3) is 0 Å². The van der Waals surface area contributed by atoms with Crippen LogP contribution in [0.15, 0.2) is 0 Å². The number of hydroxylamine groups is 2. The van der Waals surface area contributed by atoms with E-state index in [2.05, 4.69) is 0 Å². The molecule has 0 saturated heterocycles. The second kappa shape index (κ2) is 5.44. The van der Waals surface area contributed by atoms with E-state index in [1.165, 1.54) is 0 Å². The van der Waals surface area contributed by atoms with Crippen LogP contribution < -0.4 is 0 Å². The molecule has 0 unspecified atom stereocenters. The fourth-order valence-corrected chi connectivity index (χ4v) is 0.630. The average Bonchev–Trinajstić information content (AvgIpc) is 1.95. The molecular weight excluding hydrogens is 183 g/mol. The highest BCUT2D eigenvalue weighted by molar-refractivity contribution is 4.50. The van der Waals surface area contributed by atoms with Gasteiger partial charge in [0.2, 0.25) is 0 Å². The molecule has 0 rings (SSSR count). The lowest BCUT2D eigenvalue weighted by atomic mass is 10.3. The van der Waals surface area contributed by atoms with Crippen molar-refractivity contribution in [3.63, 3.8) is 0 Å². The van der Waals surface area contributed by atoms with Crippen molar-refractivity contribution in [3.05, 3.63) is 0 Å². The van der Waals surface area contributed by atoms with E-state index >= 15 is 0 Å². The summed E-state index contributed by atoms with van der Waals surface area (Å²) < 4.78 is 35.0. The van der Waals surface area contributed by atoms with Crippen LogP contribution >= 0.6 is 0 Å². The summed E-state index contributed by atoms with van der Waals surface area (Å²) in [5.74, 6) is 0. The summed E-state index contributed by atoms with van der Waals surface area (Å²) >= 11 is 0. The Kier molecular flexibility index (Phi) is 5.32. The molecular formula is C8H16F3NO. The van der Waals surface area contributed by atoms with Crippen LogP contribution in [-0.4, -0.2) is 30.9 Å². The third-order valence-electron chi connectivity index (χ3n) is 1.63. The number of hydrogen-bond donors (Lipinski definition) is 0. The fourth-order valence-electron chi connectivity index (χ4n) is 0.630. The Morgan fingerprint density at radius 1 is 1.31 bits per heavy atom. The zero-order valence-corrected chi connectivity index (χ0v) is 8.19. The molecule has 13 heavy (non-hydrogen) atoms. The summed E-state index contributed by atoms with van der Waals surface area (Å²) in [6, 6.07) is 0.186. The highest BCUT2D eigenvalue weighted by atomic mass is 19.4. The minimum absolute atomic E-state index is 0.0144. The van der Waals surface area contributed by atoms with E-state index in [0.29, 0.717) is 0 Å². The zero-order valence-electron chi connectivity index (χ0n) is 8.19. The van der Waals surface area contributed by atoms with E-state index < -0.39 is 12.6 Å². The quantitative estimate of drug-likeness (QED) is 0.498. The van der Waals surface area contributed by atoms with Gasteiger partial charge in [-0.05, 0) is 20.3 Å². The van der Waals surface area contributed by atoms with Crippen LogP contribution in [0.4, 0.5) is 13.2 Å². The molecule has 80 valence electrons. The molecule has 0 aromatic rings. The normalized spacial score (nSPS) is 12.9. The van der Waals surface area contributed by atoms with Crippen LogP contribution in [0, 0.1) is 0 Å². The van der Waals surface area contributed by atoms with Gasteiger partial charge in [-0.3, -0.25) is 4.84 Å². The van der Waals surface area contributed by atoms with Crippen LogP contribution in [0.5, 0.6) is 0 Å². The molecule has 0 aromatic carbocycles. The van der Waals surface area contributed by atoms with Crippen molar-refractivity contribution >= 4 is 0 Å². The Morgan fingerprint density at radius 3 is 2.23 bits per heavy atom. The van der Waals surface area contributed by atoms with Crippen molar-refractivity contribution in [1.82, 2.24) is 5.06 Å². The smallest absolute Gasteiger partial charge is 0.299 e. The van der Waals surface area contributed by atoms with Crippen molar-refractivity contribution in [3.8, 4) is 0 Å². The number of rotatable bonds is 5. The van der Waals surface area contributed by atoms with Gasteiger partial charge in [0.05, 0.1) is 6.61 Å². The third kappa shape index (κ3) is 8.05. The monoisotopic (exact) mass is 199 g/mol. The molecule has 0 saturated carbocycles. The maximum Gasteiger partial charge on any atom is 0.389 e. The standard InChI is InChI=1S/C8H16F3NO/c1-7(2)12(3)13-6-4-5-8(9,10)11/h7H,4-6H2,1-3H3. The number of alkyl halides is 3. The Balaban J connectivity index is 3.36. The van der Waals surface area contributed by atoms with Gasteiger partial charge in [0.1, 0.15) is 0 Å². The lowest BCUT2D eigenvalue weighted by molar-refractivity contribution is -0.175. The second-order valence-electron chi connectivity index (χ2n) is 3.19. The summed E-state index contributed by atoms with van der Waals surface area (Å²) in [5, 5.41) is 1.55. The fraction of sp³-hybridized carbons (Fsp3) is 1.00. The van der Waals surface area contributed by atoms with Crippen LogP contribution in [0.2, 0.25) is 0 Å². The first-order valence-electron chi connectivity index (χ1n) is 4.25. The molecule has 0 aliphatic rings. The summed E-state index contributed by atoms with van der Waals surface area (Å²) in [6.45, 7) is 3.93. The second-order valence-corrected chi connectivity index (χ2v) is 3.19. The van der Waals surface area contributed by atoms with E-state index in [1.54, 1.807) is 12.1 Å². The van der Waals surface area contributed by atoms with Gasteiger partial charge in [-0.1, -0.05) is 0 Å². The summed E-state index contributed by atoms with van der Waals surface area (Å²) in [7, 11) is 1.71. The van der Waals surface area contributed by atoms with Gasteiger partial charge in [0.15, 0.2) is 0 Å². The minimum atomic E-state index is -4.07. The van der Waals surface area contributed by atoms with Gasteiger partial charge in [0, 0.05) is 19.5 Å². The molecule has 0 atom stereocenters. The molecule has 0 radical (unpaired) electrons. The molecule has 0 amide bonds. The molecule has 0 bridgehead atoms. The van der Waals surface area contributed by atoms with E-state index in [0.717, 1.165) is 0 Å². The van der Waals surface area contributed by atoms with Gasteiger partial charge in [-0.2, -0.15) is 18.2 Å². The molecule has 2 nitrogen and oxygen atoms in total. The maximum atomic E-state index is 11.7. The largest absolute Gasteiger partial charge is 0.389 e. The number of halogens is 3.